The molecule has 1 N–H and O–H groups in total. The zero-order valence-corrected chi connectivity index (χ0v) is 11.9. The molecule has 1 amide bonds. The van der Waals surface area contributed by atoms with Gasteiger partial charge in [-0.25, -0.2) is 4.79 Å². The summed E-state index contributed by atoms with van der Waals surface area (Å²) in [5, 5.41) is 2.94. The van der Waals surface area contributed by atoms with Crippen LogP contribution < -0.4 is 5.32 Å². The molecule has 4 heteroatoms. The zero-order chi connectivity index (χ0) is 13.4. The highest BCUT2D eigenvalue weighted by Crippen LogP contribution is 2.31. The van der Waals surface area contributed by atoms with Crippen molar-refractivity contribution in [3.63, 3.8) is 0 Å². The van der Waals surface area contributed by atoms with Gasteiger partial charge in [-0.1, -0.05) is 20.3 Å². The van der Waals surface area contributed by atoms with E-state index < -0.39 is 0 Å². The van der Waals surface area contributed by atoms with E-state index in [0.717, 1.165) is 24.7 Å². The summed E-state index contributed by atoms with van der Waals surface area (Å²) in [5.74, 6) is 1.64. The predicted molar refractivity (Wildman–Crippen MR) is 71.6 cm³/mol. The zero-order valence-electron chi connectivity index (χ0n) is 11.9. The van der Waals surface area contributed by atoms with E-state index in [9.17, 15) is 4.79 Å². The van der Waals surface area contributed by atoms with Gasteiger partial charge in [-0.05, 0) is 37.5 Å². The number of alkyl carbamates (subject to hydrolysis) is 1. The van der Waals surface area contributed by atoms with E-state index in [1.165, 1.54) is 19.3 Å². The smallest absolute Gasteiger partial charge is 0.407 e. The highest BCUT2D eigenvalue weighted by Gasteiger charge is 2.25. The van der Waals surface area contributed by atoms with Crippen molar-refractivity contribution < 1.29 is 14.3 Å². The SMILES string of the molecule is CCC(C)[C@H]1CC[C@H](NC(=O)OCCOC)CC1. The fourth-order valence-corrected chi connectivity index (χ4v) is 2.59. The number of methoxy groups -OCH3 is 1. The lowest BCUT2D eigenvalue weighted by molar-refractivity contribution is 0.0936. The standard InChI is InChI=1S/C14H27NO3/c1-4-11(2)12-5-7-13(8-6-12)15-14(16)18-10-9-17-3/h11-13H,4-10H2,1-3H3,(H,15,16)/t11?,12-,13-. The minimum Gasteiger partial charge on any atom is -0.447 e. The van der Waals surface area contributed by atoms with Gasteiger partial charge in [-0.2, -0.15) is 0 Å². The molecule has 0 aromatic carbocycles. The lowest BCUT2D eigenvalue weighted by atomic mass is 9.78. The molecule has 0 bridgehead atoms. The third-order valence-electron chi connectivity index (χ3n) is 4.06. The fourth-order valence-electron chi connectivity index (χ4n) is 2.59. The van der Waals surface area contributed by atoms with Gasteiger partial charge < -0.3 is 14.8 Å². The Labute approximate surface area is 110 Å². The Balaban J connectivity index is 2.17. The molecule has 0 aliphatic heterocycles. The largest absolute Gasteiger partial charge is 0.447 e. The first-order chi connectivity index (χ1) is 8.67. The van der Waals surface area contributed by atoms with Gasteiger partial charge in [0, 0.05) is 13.2 Å². The Hall–Kier alpha value is -0.770. The van der Waals surface area contributed by atoms with Gasteiger partial charge in [0.05, 0.1) is 6.61 Å². The molecule has 1 unspecified atom stereocenters. The van der Waals surface area contributed by atoms with E-state index in [1.807, 2.05) is 0 Å². The van der Waals surface area contributed by atoms with Crippen LogP contribution in [0.25, 0.3) is 0 Å². The van der Waals surface area contributed by atoms with E-state index in [-0.39, 0.29) is 6.09 Å². The van der Waals surface area contributed by atoms with E-state index in [4.69, 9.17) is 9.47 Å². The number of amides is 1. The molecule has 4 nitrogen and oxygen atoms in total. The molecule has 1 fully saturated rings. The van der Waals surface area contributed by atoms with Crippen molar-refractivity contribution in [3.05, 3.63) is 0 Å². The van der Waals surface area contributed by atoms with Crippen LogP contribution in [0.5, 0.6) is 0 Å². The predicted octanol–water partition coefficient (Wildman–Crippen LogP) is 2.96. The van der Waals surface area contributed by atoms with E-state index in [2.05, 4.69) is 19.2 Å². The normalized spacial score (nSPS) is 25.5. The second-order valence-electron chi connectivity index (χ2n) is 5.27. The second kappa shape index (κ2) is 8.35. The van der Waals surface area contributed by atoms with Crippen LogP contribution >= 0.6 is 0 Å². The Morgan fingerprint density at radius 1 is 1.28 bits per heavy atom. The molecule has 0 saturated heterocycles. The van der Waals surface area contributed by atoms with Crippen LogP contribution in [0.2, 0.25) is 0 Å². The first-order valence-electron chi connectivity index (χ1n) is 7.09. The molecular weight excluding hydrogens is 230 g/mol. The molecule has 0 heterocycles. The molecule has 1 aliphatic rings. The average molecular weight is 257 g/mol. The molecular formula is C14H27NO3. The van der Waals surface area contributed by atoms with Crippen LogP contribution in [0.3, 0.4) is 0 Å². The molecule has 1 saturated carbocycles. The summed E-state index contributed by atoms with van der Waals surface area (Å²) >= 11 is 0. The summed E-state index contributed by atoms with van der Waals surface area (Å²) in [6.07, 6.45) is 5.54. The van der Waals surface area contributed by atoms with Crippen molar-refractivity contribution in [3.8, 4) is 0 Å². The van der Waals surface area contributed by atoms with E-state index in [1.54, 1.807) is 7.11 Å². The summed E-state index contributed by atoms with van der Waals surface area (Å²) in [7, 11) is 1.59. The average Bonchev–Trinajstić information content (AvgIpc) is 2.39. The van der Waals surface area contributed by atoms with Crippen LogP contribution in [0.1, 0.15) is 46.0 Å². The van der Waals surface area contributed by atoms with Crippen molar-refractivity contribution in [2.45, 2.75) is 52.0 Å². The topological polar surface area (TPSA) is 47.6 Å². The quantitative estimate of drug-likeness (QED) is 0.744. The fraction of sp³-hybridized carbons (Fsp3) is 0.929. The molecule has 0 radical (unpaired) electrons. The second-order valence-corrected chi connectivity index (χ2v) is 5.27. The summed E-state index contributed by atoms with van der Waals surface area (Å²) in [4.78, 5) is 11.5. The van der Waals surface area contributed by atoms with Crippen LogP contribution in [-0.4, -0.2) is 32.5 Å². The first kappa shape index (κ1) is 15.3. The third-order valence-corrected chi connectivity index (χ3v) is 4.06. The lowest BCUT2D eigenvalue weighted by Crippen LogP contribution is -2.39. The van der Waals surface area contributed by atoms with E-state index in [0.29, 0.717) is 19.3 Å². The van der Waals surface area contributed by atoms with Gasteiger partial charge in [-0.15, -0.1) is 0 Å². The number of nitrogens with one attached hydrogen (secondary N) is 1. The third kappa shape index (κ3) is 5.25. The molecule has 1 rings (SSSR count). The Morgan fingerprint density at radius 2 is 1.94 bits per heavy atom. The molecule has 1 atom stereocenters. The maximum Gasteiger partial charge on any atom is 0.407 e. The number of carbonyl (C=O) groups excluding carboxylic acids is 1. The number of hydrogen-bond acceptors (Lipinski definition) is 3. The van der Waals surface area contributed by atoms with Crippen molar-refractivity contribution in [1.29, 1.82) is 0 Å². The number of rotatable bonds is 6. The highest BCUT2D eigenvalue weighted by molar-refractivity contribution is 5.67. The molecule has 0 spiro atoms. The van der Waals surface area contributed by atoms with Gasteiger partial charge >= 0.3 is 6.09 Å². The van der Waals surface area contributed by atoms with Crippen LogP contribution in [0.15, 0.2) is 0 Å². The molecule has 0 aromatic rings. The van der Waals surface area contributed by atoms with Crippen LogP contribution in [0, 0.1) is 11.8 Å². The maximum absolute atomic E-state index is 11.5. The van der Waals surface area contributed by atoms with Crippen molar-refractivity contribution in [1.82, 2.24) is 5.32 Å². The number of carbonyl (C=O) groups is 1. The molecule has 0 aromatic heterocycles. The number of hydrogen-bond donors (Lipinski definition) is 1. The molecule has 106 valence electrons. The minimum atomic E-state index is -0.306. The molecule has 18 heavy (non-hydrogen) atoms. The Morgan fingerprint density at radius 3 is 2.50 bits per heavy atom. The summed E-state index contributed by atoms with van der Waals surface area (Å²) in [5.41, 5.74) is 0. The summed E-state index contributed by atoms with van der Waals surface area (Å²) < 4.78 is 9.84. The van der Waals surface area contributed by atoms with Gasteiger partial charge in [-0.3, -0.25) is 0 Å². The minimum absolute atomic E-state index is 0.292. The molecule has 1 aliphatic carbocycles. The van der Waals surface area contributed by atoms with E-state index >= 15 is 0 Å². The monoisotopic (exact) mass is 257 g/mol. The van der Waals surface area contributed by atoms with Gasteiger partial charge in [0.15, 0.2) is 0 Å². The van der Waals surface area contributed by atoms with Gasteiger partial charge in [0.2, 0.25) is 0 Å². The maximum atomic E-state index is 11.5. The van der Waals surface area contributed by atoms with Crippen molar-refractivity contribution in [2.24, 2.45) is 11.8 Å². The van der Waals surface area contributed by atoms with Crippen molar-refractivity contribution in [2.75, 3.05) is 20.3 Å². The highest BCUT2D eigenvalue weighted by atomic mass is 16.6. The van der Waals surface area contributed by atoms with Crippen LogP contribution in [0.4, 0.5) is 4.79 Å². The summed E-state index contributed by atoms with van der Waals surface area (Å²) in [6, 6.07) is 0.292. The first-order valence-corrected chi connectivity index (χ1v) is 7.09. The van der Waals surface area contributed by atoms with Gasteiger partial charge in [0.25, 0.3) is 0 Å². The van der Waals surface area contributed by atoms with Gasteiger partial charge in [0.1, 0.15) is 6.61 Å². The van der Waals surface area contributed by atoms with Crippen LogP contribution in [-0.2, 0) is 9.47 Å². The Kier molecular flexibility index (Phi) is 7.09. The lowest BCUT2D eigenvalue weighted by Gasteiger charge is -2.32. The Bertz CT molecular complexity index is 237. The summed E-state index contributed by atoms with van der Waals surface area (Å²) in [6.45, 7) is 5.36. The van der Waals surface area contributed by atoms with Crippen molar-refractivity contribution >= 4 is 6.09 Å². The number of ether oxygens (including phenoxy) is 2.